The first-order chi connectivity index (χ1) is 9.02. The van der Waals surface area contributed by atoms with E-state index in [0.29, 0.717) is 22.4 Å². The van der Waals surface area contributed by atoms with Crippen molar-refractivity contribution in [2.24, 2.45) is 0 Å². The van der Waals surface area contributed by atoms with E-state index in [0.717, 1.165) is 0 Å². The Kier molecular flexibility index (Phi) is 3.51. The van der Waals surface area contributed by atoms with E-state index < -0.39 is 11.8 Å². The van der Waals surface area contributed by atoms with Gasteiger partial charge in [-0.1, -0.05) is 6.07 Å². The number of benzene rings is 2. The Bertz CT molecular complexity index is 635. The van der Waals surface area contributed by atoms with Gasteiger partial charge in [-0.05, 0) is 42.3 Å². The summed E-state index contributed by atoms with van der Waals surface area (Å²) in [6, 6.07) is 9.21. The first-order valence-corrected chi connectivity index (χ1v) is 5.71. The smallest absolute Gasteiger partial charge is 0.335 e. The van der Waals surface area contributed by atoms with Gasteiger partial charge >= 0.3 is 5.97 Å². The molecule has 2 rings (SSSR count). The molecular weight excluding hydrogens is 247 g/mol. The number of aromatic carboxylic acids is 1. The number of rotatable bonds is 3. The van der Waals surface area contributed by atoms with Crippen molar-refractivity contribution in [3.8, 4) is 16.9 Å². The highest BCUT2D eigenvalue weighted by Gasteiger charge is 2.11. The number of carboxylic acid groups (broad SMARTS) is 1. The zero-order valence-electron chi connectivity index (χ0n) is 10.6. The Balaban J connectivity index is 2.50. The summed E-state index contributed by atoms with van der Waals surface area (Å²) in [4.78, 5) is 10.9. The molecule has 0 atom stereocenters. The van der Waals surface area contributed by atoms with Crippen LogP contribution < -0.4 is 4.74 Å². The summed E-state index contributed by atoms with van der Waals surface area (Å²) < 4.78 is 18.9. The Morgan fingerprint density at radius 3 is 2.37 bits per heavy atom. The van der Waals surface area contributed by atoms with Gasteiger partial charge in [0, 0.05) is 11.6 Å². The van der Waals surface area contributed by atoms with Gasteiger partial charge in [-0.3, -0.25) is 0 Å². The number of hydrogen-bond donors (Lipinski definition) is 1. The number of aryl methyl sites for hydroxylation is 1. The van der Waals surface area contributed by atoms with E-state index >= 15 is 0 Å². The van der Waals surface area contributed by atoms with Crippen LogP contribution in [0.1, 0.15) is 15.9 Å². The van der Waals surface area contributed by atoms with Crippen LogP contribution in [-0.2, 0) is 0 Å². The number of methoxy groups -OCH3 is 1. The summed E-state index contributed by atoms with van der Waals surface area (Å²) in [7, 11) is 1.47. The Morgan fingerprint density at radius 1 is 1.16 bits per heavy atom. The number of carboxylic acids is 1. The van der Waals surface area contributed by atoms with E-state index in [-0.39, 0.29) is 5.56 Å². The summed E-state index contributed by atoms with van der Waals surface area (Å²) in [6.07, 6.45) is 0. The van der Waals surface area contributed by atoms with Crippen LogP contribution in [0.3, 0.4) is 0 Å². The van der Waals surface area contributed by atoms with Gasteiger partial charge in [0.1, 0.15) is 11.6 Å². The average molecular weight is 260 g/mol. The molecule has 0 bridgehead atoms. The van der Waals surface area contributed by atoms with E-state index in [1.807, 2.05) is 0 Å². The van der Waals surface area contributed by atoms with Crippen LogP contribution in [0.25, 0.3) is 11.1 Å². The molecule has 0 amide bonds. The molecule has 4 heteroatoms. The Hall–Kier alpha value is -2.36. The quantitative estimate of drug-likeness (QED) is 0.918. The van der Waals surface area contributed by atoms with Gasteiger partial charge in [-0.25, -0.2) is 9.18 Å². The summed E-state index contributed by atoms with van der Waals surface area (Å²) >= 11 is 0. The van der Waals surface area contributed by atoms with Crippen molar-refractivity contribution in [3.63, 3.8) is 0 Å². The second kappa shape index (κ2) is 5.10. The molecule has 0 spiro atoms. The highest BCUT2D eigenvalue weighted by atomic mass is 19.1. The van der Waals surface area contributed by atoms with Crippen molar-refractivity contribution in [1.82, 2.24) is 0 Å². The molecule has 0 saturated heterocycles. The fourth-order valence-electron chi connectivity index (χ4n) is 1.94. The molecule has 98 valence electrons. The lowest BCUT2D eigenvalue weighted by molar-refractivity contribution is 0.0697. The van der Waals surface area contributed by atoms with E-state index in [1.165, 1.54) is 25.3 Å². The predicted molar refractivity (Wildman–Crippen MR) is 70.1 cm³/mol. The molecule has 2 aromatic carbocycles. The predicted octanol–water partition coefficient (Wildman–Crippen LogP) is 3.51. The van der Waals surface area contributed by atoms with Crippen LogP contribution in [0.4, 0.5) is 4.39 Å². The molecule has 0 unspecified atom stereocenters. The normalized spacial score (nSPS) is 10.3. The Labute approximate surface area is 110 Å². The van der Waals surface area contributed by atoms with Crippen LogP contribution in [0.5, 0.6) is 5.75 Å². The van der Waals surface area contributed by atoms with Crippen LogP contribution in [0.15, 0.2) is 36.4 Å². The van der Waals surface area contributed by atoms with E-state index in [4.69, 9.17) is 9.84 Å². The fourth-order valence-corrected chi connectivity index (χ4v) is 1.94. The molecule has 19 heavy (non-hydrogen) atoms. The third-order valence-electron chi connectivity index (χ3n) is 2.94. The minimum atomic E-state index is -0.996. The standard InChI is InChI=1S/C15H13FO3/c1-9-7-10(15(17)18)3-5-12(9)13-6-4-11(19-2)8-14(13)16/h3-8H,1-2H3,(H,17,18). The number of ether oxygens (including phenoxy) is 1. The third kappa shape index (κ3) is 2.57. The average Bonchev–Trinajstić information content (AvgIpc) is 2.39. The topological polar surface area (TPSA) is 46.5 Å². The van der Waals surface area contributed by atoms with Crippen LogP contribution in [0, 0.1) is 12.7 Å². The first-order valence-electron chi connectivity index (χ1n) is 5.71. The van der Waals surface area contributed by atoms with E-state index in [2.05, 4.69) is 0 Å². The number of hydrogen-bond acceptors (Lipinski definition) is 2. The van der Waals surface area contributed by atoms with Gasteiger partial charge in [0.25, 0.3) is 0 Å². The highest BCUT2D eigenvalue weighted by Crippen LogP contribution is 2.29. The lowest BCUT2D eigenvalue weighted by atomic mass is 9.98. The summed E-state index contributed by atoms with van der Waals surface area (Å²) in [5.41, 5.74) is 2.00. The molecule has 0 aromatic heterocycles. The fraction of sp³-hybridized carbons (Fsp3) is 0.133. The van der Waals surface area contributed by atoms with Gasteiger partial charge in [-0.2, -0.15) is 0 Å². The second-order valence-corrected chi connectivity index (χ2v) is 4.18. The molecule has 0 aliphatic carbocycles. The van der Waals surface area contributed by atoms with Gasteiger partial charge < -0.3 is 9.84 Å². The summed E-state index contributed by atoms with van der Waals surface area (Å²) in [6.45, 7) is 1.76. The molecule has 0 radical (unpaired) electrons. The molecule has 3 nitrogen and oxygen atoms in total. The molecular formula is C15H13FO3. The van der Waals surface area contributed by atoms with Gasteiger partial charge in [0.2, 0.25) is 0 Å². The molecule has 2 aromatic rings. The maximum absolute atomic E-state index is 14.0. The van der Waals surface area contributed by atoms with Crippen molar-refractivity contribution in [1.29, 1.82) is 0 Å². The third-order valence-corrected chi connectivity index (χ3v) is 2.94. The molecule has 0 fully saturated rings. The lowest BCUT2D eigenvalue weighted by Gasteiger charge is -2.09. The van der Waals surface area contributed by atoms with E-state index in [9.17, 15) is 9.18 Å². The highest BCUT2D eigenvalue weighted by molar-refractivity contribution is 5.89. The van der Waals surface area contributed by atoms with Crippen molar-refractivity contribution in [3.05, 3.63) is 53.3 Å². The lowest BCUT2D eigenvalue weighted by Crippen LogP contribution is -1.98. The Morgan fingerprint density at radius 2 is 1.84 bits per heavy atom. The summed E-state index contributed by atoms with van der Waals surface area (Å²) in [5.74, 6) is -0.948. The number of carbonyl (C=O) groups is 1. The van der Waals surface area contributed by atoms with Crippen LogP contribution in [-0.4, -0.2) is 18.2 Å². The minimum Gasteiger partial charge on any atom is -0.497 e. The van der Waals surface area contributed by atoms with Crippen LogP contribution in [0.2, 0.25) is 0 Å². The molecule has 0 saturated carbocycles. The maximum atomic E-state index is 14.0. The van der Waals surface area contributed by atoms with Gasteiger partial charge in [0.15, 0.2) is 0 Å². The van der Waals surface area contributed by atoms with Crippen molar-refractivity contribution >= 4 is 5.97 Å². The largest absolute Gasteiger partial charge is 0.497 e. The zero-order valence-corrected chi connectivity index (χ0v) is 10.6. The molecule has 0 aliphatic rings. The van der Waals surface area contributed by atoms with Crippen LogP contribution >= 0.6 is 0 Å². The van der Waals surface area contributed by atoms with Gasteiger partial charge in [0.05, 0.1) is 12.7 Å². The van der Waals surface area contributed by atoms with Gasteiger partial charge in [-0.15, -0.1) is 0 Å². The SMILES string of the molecule is COc1ccc(-c2ccc(C(=O)O)cc2C)c(F)c1. The second-order valence-electron chi connectivity index (χ2n) is 4.18. The van der Waals surface area contributed by atoms with E-state index in [1.54, 1.807) is 25.1 Å². The minimum absolute atomic E-state index is 0.190. The first kappa shape index (κ1) is 13.1. The molecule has 0 aliphatic heterocycles. The molecule has 0 heterocycles. The maximum Gasteiger partial charge on any atom is 0.335 e. The zero-order chi connectivity index (χ0) is 14.0. The number of halogens is 1. The van der Waals surface area contributed by atoms with Crippen molar-refractivity contribution in [2.75, 3.05) is 7.11 Å². The monoisotopic (exact) mass is 260 g/mol. The molecule has 1 N–H and O–H groups in total. The summed E-state index contributed by atoms with van der Waals surface area (Å²) in [5, 5.41) is 8.90. The van der Waals surface area contributed by atoms with Crippen molar-refractivity contribution in [2.45, 2.75) is 6.92 Å². The van der Waals surface area contributed by atoms with Crippen molar-refractivity contribution < 1.29 is 19.0 Å².